The highest BCUT2D eigenvalue weighted by Crippen LogP contribution is 2.23. The van der Waals surface area contributed by atoms with Crippen LogP contribution in [-0.4, -0.2) is 38.8 Å². The predicted molar refractivity (Wildman–Crippen MR) is 129 cm³/mol. The first-order chi connectivity index (χ1) is 16.2. The van der Waals surface area contributed by atoms with Crippen LogP contribution in [0.2, 0.25) is 0 Å². The van der Waals surface area contributed by atoms with Gasteiger partial charge in [-0.3, -0.25) is 9.48 Å². The third-order valence-electron chi connectivity index (χ3n) is 5.41. The molecular formula is C26H27N5O3. The van der Waals surface area contributed by atoms with Crippen LogP contribution in [0.1, 0.15) is 47.8 Å². The van der Waals surface area contributed by atoms with Gasteiger partial charge in [0, 0.05) is 24.8 Å². The normalized spacial score (nSPS) is 13.1. The Morgan fingerprint density at radius 3 is 2.76 bits per heavy atom. The van der Waals surface area contributed by atoms with Crippen molar-refractivity contribution in [2.75, 3.05) is 11.9 Å². The van der Waals surface area contributed by atoms with Gasteiger partial charge in [0.25, 0.3) is 5.91 Å². The number of amides is 2. The number of nitrogens with one attached hydrogen (secondary N) is 1. The molecule has 0 aliphatic carbocycles. The molecule has 0 saturated heterocycles. The van der Waals surface area contributed by atoms with Crippen LogP contribution in [0.25, 0.3) is 4.85 Å². The number of aromatic nitrogens is 2. The molecule has 4 rings (SSSR count). The van der Waals surface area contributed by atoms with Crippen LogP contribution in [0.5, 0.6) is 0 Å². The van der Waals surface area contributed by atoms with E-state index in [0.29, 0.717) is 43.0 Å². The van der Waals surface area contributed by atoms with Crippen LogP contribution in [0.15, 0.2) is 54.9 Å². The van der Waals surface area contributed by atoms with Gasteiger partial charge in [-0.2, -0.15) is 5.10 Å². The zero-order valence-electron chi connectivity index (χ0n) is 19.5. The van der Waals surface area contributed by atoms with E-state index >= 15 is 0 Å². The van der Waals surface area contributed by atoms with Crippen LogP contribution >= 0.6 is 0 Å². The Kier molecular flexibility index (Phi) is 6.37. The molecule has 0 spiro atoms. The molecule has 1 aliphatic rings. The molecule has 0 fully saturated rings. The second-order valence-corrected chi connectivity index (χ2v) is 9.30. The number of rotatable bonds is 4. The Morgan fingerprint density at radius 2 is 2.00 bits per heavy atom. The monoisotopic (exact) mass is 457 g/mol. The van der Waals surface area contributed by atoms with E-state index in [9.17, 15) is 9.59 Å². The largest absolute Gasteiger partial charge is 0.444 e. The van der Waals surface area contributed by atoms with Crippen LogP contribution in [0, 0.1) is 6.57 Å². The van der Waals surface area contributed by atoms with Crippen LogP contribution < -0.4 is 5.32 Å². The highest BCUT2D eigenvalue weighted by Gasteiger charge is 2.26. The van der Waals surface area contributed by atoms with Gasteiger partial charge >= 0.3 is 6.09 Å². The Morgan fingerprint density at radius 1 is 1.18 bits per heavy atom. The molecule has 0 saturated carbocycles. The number of fused-ring (bicyclic) bond motifs is 1. The van der Waals surface area contributed by atoms with Crippen molar-refractivity contribution in [2.45, 2.75) is 45.9 Å². The van der Waals surface area contributed by atoms with Gasteiger partial charge in [-0.05, 0) is 56.0 Å². The first-order valence-electron chi connectivity index (χ1n) is 11.1. The van der Waals surface area contributed by atoms with E-state index in [0.717, 1.165) is 16.7 Å². The molecule has 1 aromatic heterocycles. The van der Waals surface area contributed by atoms with Crippen LogP contribution in [0.4, 0.5) is 16.2 Å². The summed E-state index contributed by atoms with van der Waals surface area (Å²) in [5.74, 6) is -0.216. The highest BCUT2D eigenvalue weighted by atomic mass is 16.6. The molecule has 8 heteroatoms. The van der Waals surface area contributed by atoms with E-state index in [4.69, 9.17) is 11.3 Å². The van der Waals surface area contributed by atoms with Crippen molar-refractivity contribution < 1.29 is 14.3 Å². The molecule has 34 heavy (non-hydrogen) atoms. The van der Waals surface area contributed by atoms with Crippen molar-refractivity contribution in [3.05, 3.63) is 88.5 Å². The van der Waals surface area contributed by atoms with Gasteiger partial charge in [-0.25, -0.2) is 9.64 Å². The topological polar surface area (TPSA) is 80.8 Å². The van der Waals surface area contributed by atoms with E-state index in [1.807, 2.05) is 51.1 Å². The third-order valence-corrected chi connectivity index (χ3v) is 5.41. The SMILES string of the molecule is [C-]#[N+]c1cccc(Cn2cc(NC(=O)c3ccc4c(c3)CCN(C(=O)OC(C)(C)C)C4)cn2)c1. The molecule has 2 amide bonds. The van der Waals surface area contributed by atoms with Crippen molar-refractivity contribution in [3.8, 4) is 0 Å². The van der Waals surface area contributed by atoms with E-state index in [2.05, 4.69) is 15.3 Å². The van der Waals surface area contributed by atoms with Gasteiger partial charge in [-0.1, -0.05) is 30.3 Å². The average Bonchev–Trinajstić information content (AvgIpc) is 3.23. The van der Waals surface area contributed by atoms with Gasteiger partial charge in [0.1, 0.15) is 5.60 Å². The highest BCUT2D eigenvalue weighted by molar-refractivity contribution is 6.04. The summed E-state index contributed by atoms with van der Waals surface area (Å²) >= 11 is 0. The van der Waals surface area contributed by atoms with Crippen molar-refractivity contribution in [1.29, 1.82) is 0 Å². The number of hydrogen-bond acceptors (Lipinski definition) is 4. The molecular weight excluding hydrogens is 430 g/mol. The summed E-state index contributed by atoms with van der Waals surface area (Å²) in [6.45, 7) is 14.2. The molecule has 1 N–H and O–H groups in total. The molecule has 2 heterocycles. The molecule has 8 nitrogen and oxygen atoms in total. The smallest absolute Gasteiger partial charge is 0.410 e. The van der Waals surface area contributed by atoms with Crippen molar-refractivity contribution >= 4 is 23.4 Å². The summed E-state index contributed by atoms with van der Waals surface area (Å²) < 4.78 is 7.19. The average molecular weight is 458 g/mol. The summed E-state index contributed by atoms with van der Waals surface area (Å²) in [5, 5.41) is 7.20. The molecule has 1 aliphatic heterocycles. The minimum atomic E-state index is -0.533. The predicted octanol–water partition coefficient (Wildman–Crippen LogP) is 5.03. The maximum atomic E-state index is 12.8. The number of anilines is 1. The van der Waals surface area contributed by atoms with Gasteiger partial charge < -0.3 is 15.0 Å². The Labute approximate surface area is 199 Å². The van der Waals surface area contributed by atoms with E-state index in [1.165, 1.54) is 0 Å². The van der Waals surface area contributed by atoms with Gasteiger partial charge in [0.05, 0.1) is 25.0 Å². The van der Waals surface area contributed by atoms with Gasteiger partial charge in [-0.15, -0.1) is 0 Å². The lowest BCUT2D eigenvalue weighted by molar-refractivity contribution is 0.0224. The lowest BCUT2D eigenvalue weighted by atomic mass is 9.97. The third kappa shape index (κ3) is 5.62. The number of hydrogen-bond donors (Lipinski definition) is 1. The Balaban J connectivity index is 1.38. The maximum absolute atomic E-state index is 12.8. The lowest BCUT2D eigenvalue weighted by Crippen LogP contribution is -2.39. The standard InChI is InChI=1S/C26H27N5O3/c1-26(2,3)34-25(33)30-11-10-19-13-20(8-9-21(19)16-30)24(32)29-23-14-28-31(17-23)15-18-6-5-7-22(12-18)27-4/h5-9,12-14,17H,10-11,15-16H2,1-3H3,(H,29,32). The maximum Gasteiger partial charge on any atom is 0.410 e. The fraction of sp³-hybridized carbons (Fsp3) is 0.308. The molecule has 3 aromatic rings. The molecule has 2 aromatic carbocycles. The van der Waals surface area contributed by atoms with E-state index in [1.54, 1.807) is 34.1 Å². The van der Waals surface area contributed by atoms with Crippen molar-refractivity contribution in [3.63, 3.8) is 0 Å². The van der Waals surface area contributed by atoms with E-state index < -0.39 is 5.60 Å². The minimum absolute atomic E-state index is 0.216. The number of nitrogens with zero attached hydrogens (tertiary/aromatic N) is 4. The molecule has 0 unspecified atom stereocenters. The second kappa shape index (κ2) is 9.40. The lowest BCUT2D eigenvalue weighted by Gasteiger charge is -2.31. The zero-order chi connectivity index (χ0) is 24.3. The molecule has 174 valence electrons. The van der Waals surface area contributed by atoms with Crippen LogP contribution in [-0.2, 0) is 24.2 Å². The number of carbonyl (C=O) groups excluding carboxylic acids is 2. The Hall–Kier alpha value is -4.12. The molecule has 0 atom stereocenters. The van der Waals surface area contributed by atoms with Crippen LogP contribution in [0.3, 0.4) is 0 Å². The fourth-order valence-corrected chi connectivity index (χ4v) is 3.81. The first-order valence-corrected chi connectivity index (χ1v) is 11.1. The first kappa shape index (κ1) is 23.1. The summed E-state index contributed by atoms with van der Waals surface area (Å²) in [6.07, 6.45) is 3.71. The molecule has 0 radical (unpaired) electrons. The molecule has 0 bridgehead atoms. The van der Waals surface area contributed by atoms with Crippen molar-refractivity contribution in [2.24, 2.45) is 0 Å². The zero-order valence-corrected chi connectivity index (χ0v) is 19.5. The summed E-state index contributed by atoms with van der Waals surface area (Å²) in [7, 11) is 0. The second-order valence-electron chi connectivity index (χ2n) is 9.30. The van der Waals surface area contributed by atoms with Gasteiger partial charge in [0.2, 0.25) is 0 Å². The van der Waals surface area contributed by atoms with E-state index in [-0.39, 0.29) is 12.0 Å². The number of carbonyl (C=O) groups is 2. The van der Waals surface area contributed by atoms with Crippen molar-refractivity contribution in [1.82, 2.24) is 14.7 Å². The number of benzene rings is 2. The number of ether oxygens (including phenoxy) is 1. The quantitative estimate of drug-likeness (QED) is 0.558. The summed E-state index contributed by atoms with van der Waals surface area (Å²) in [4.78, 5) is 30.3. The summed E-state index contributed by atoms with van der Waals surface area (Å²) in [5.41, 5.74) is 4.24. The van der Waals surface area contributed by atoms with Gasteiger partial charge in [0.15, 0.2) is 5.69 Å². The minimum Gasteiger partial charge on any atom is -0.444 e. The Bertz CT molecular complexity index is 1270. The fourth-order valence-electron chi connectivity index (χ4n) is 3.81. The summed E-state index contributed by atoms with van der Waals surface area (Å²) in [6, 6.07) is 12.9.